The minimum absolute atomic E-state index is 0.245. The Bertz CT molecular complexity index is 1270. The molecular formula is C20H12Cl2N4O2. The van der Waals surface area contributed by atoms with Gasteiger partial charge in [-0.05, 0) is 24.3 Å². The Morgan fingerprint density at radius 3 is 2.54 bits per heavy atom. The fraction of sp³-hybridized carbons (Fsp3) is 0. The van der Waals surface area contributed by atoms with Gasteiger partial charge in [-0.3, -0.25) is 14.8 Å². The lowest BCUT2D eigenvalue weighted by molar-refractivity contribution is 0.435. The van der Waals surface area contributed by atoms with Gasteiger partial charge in [0.1, 0.15) is 5.82 Å². The minimum atomic E-state index is -0.401. The monoisotopic (exact) mass is 410 g/mol. The predicted octanol–water partition coefficient (Wildman–Crippen LogP) is 4.54. The zero-order valence-electron chi connectivity index (χ0n) is 14.3. The Kier molecular flexibility index (Phi) is 4.81. The lowest BCUT2D eigenvalue weighted by atomic mass is 10.1. The van der Waals surface area contributed by atoms with Crippen molar-refractivity contribution in [2.24, 2.45) is 4.99 Å². The van der Waals surface area contributed by atoms with Crippen molar-refractivity contribution in [2.45, 2.75) is 0 Å². The van der Waals surface area contributed by atoms with Crippen molar-refractivity contribution >= 4 is 45.9 Å². The van der Waals surface area contributed by atoms with Crippen LogP contribution < -0.4 is 5.56 Å². The molecular weight excluding hydrogens is 399 g/mol. The van der Waals surface area contributed by atoms with E-state index in [1.807, 2.05) is 0 Å². The van der Waals surface area contributed by atoms with Crippen molar-refractivity contribution in [3.63, 3.8) is 0 Å². The van der Waals surface area contributed by atoms with E-state index in [0.717, 1.165) is 4.57 Å². The first-order valence-electron chi connectivity index (χ1n) is 8.18. The molecule has 0 amide bonds. The van der Waals surface area contributed by atoms with Gasteiger partial charge < -0.3 is 5.11 Å². The van der Waals surface area contributed by atoms with Crippen LogP contribution in [-0.2, 0) is 0 Å². The number of aliphatic imine (C=N–C) groups is 1. The molecule has 0 spiro atoms. The molecule has 0 unspecified atom stereocenters. The van der Waals surface area contributed by atoms with E-state index in [9.17, 15) is 9.90 Å². The van der Waals surface area contributed by atoms with Crippen LogP contribution in [0.5, 0.6) is 5.88 Å². The van der Waals surface area contributed by atoms with E-state index in [1.165, 1.54) is 18.6 Å². The molecule has 0 bridgehead atoms. The molecule has 3 aromatic heterocycles. The summed E-state index contributed by atoms with van der Waals surface area (Å²) >= 11 is 12.0. The number of fused-ring (bicyclic) bond motifs is 1. The summed E-state index contributed by atoms with van der Waals surface area (Å²) in [5.41, 5.74) is 0.448. The summed E-state index contributed by atoms with van der Waals surface area (Å²) in [5.74, 6) is -0.0401. The number of pyridine rings is 3. The largest absolute Gasteiger partial charge is 0.494 e. The molecule has 1 N–H and O–H groups in total. The molecule has 0 radical (unpaired) electrons. The molecule has 0 aliphatic heterocycles. The van der Waals surface area contributed by atoms with Crippen LogP contribution in [0.15, 0.2) is 70.8 Å². The third kappa shape index (κ3) is 3.24. The Balaban J connectivity index is 1.99. The van der Waals surface area contributed by atoms with Crippen LogP contribution in [0, 0.1) is 0 Å². The molecule has 138 valence electrons. The molecule has 1 aromatic carbocycles. The van der Waals surface area contributed by atoms with E-state index >= 15 is 0 Å². The van der Waals surface area contributed by atoms with Gasteiger partial charge in [0.25, 0.3) is 5.56 Å². The molecule has 6 nitrogen and oxygen atoms in total. The molecule has 3 heterocycles. The van der Waals surface area contributed by atoms with Gasteiger partial charge in [-0.15, -0.1) is 0 Å². The molecule has 4 rings (SSSR count). The second-order valence-electron chi connectivity index (χ2n) is 5.84. The fourth-order valence-electron chi connectivity index (χ4n) is 2.81. The maximum Gasteiger partial charge on any atom is 0.267 e. The van der Waals surface area contributed by atoms with Gasteiger partial charge in [0, 0.05) is 35.6 Å². The second-order valence-corrected chi connectivity index (χ2v) is 6.69. The first-order chi connectivity index (χ1) is 13.6. The second kappa shape index (κ2) is 7.42. The Morgan fingerprint density at radius 2 is 1.82 bits per heavy atom. The van der Waals surface area contributed by atoms with E-state index < -0.39 is 5.56 Å². The number of nitrogens with zero attached hydrogens (tertiary/aromatic N) is 4. The highest BCUT2D eigenvalue weighted by atomic mass is 35.5. The fourth-order valence-corrected chi connectivity index (χ4v) is 3.09. The van der Waals surface area contributed by atoms with Crippen molar-refractivity contribution in [1.29, 1.82) is 0 Å². The smallest absolute Gasteiger partial charge is 0.267 e. The van der Waals surface area contributed by atoms with Crippen molar-refractivity contribution in [1.82, 2.24) is 14.5 Å². The standard InChI is InChI=1S/C20H12Cl2N4O2/c21-12-5-6-18(25-9-12)26-19(27)14-4-2-1-3-13(14)15(20(26)28)10-24-17-7-8-23-11-16(17)22/h1-11,28H. The Morgan fingerprint density at radius 1 is 1.04 bits per heavy atom. The van der Waals surface area contributed by atoms with Crippen molar-refractivity contribution in [3.8, 4) is 11.7 Å². The van der Waals surface area contributed by atoms with E-state index in [4.69, 9.17) is 23.2 Å². The zero-order chi connectivity index (χ0) is 19.7. The van der Waals surface area contributed by atoms with Crippen molar-refractivity contribution in [2.75, 3.05) is 0 Å². The molecule has 28 heavy (non-hydrogen) atoms. The quantitative estimate of drug-likeness (QED) is 0.502. The summed E-state index contributed by atoms with van der Waals surface area (Å²) in [7, 11) is 0. The Labute approximate surface area is 169 Å². The highest BCUT2D eigenvalue weighted by molar-refractivity contribution is 6.33. The topological polar surface area (TPSA) is 80.4 Å². The SMILES string of the molecule is O=c1c2ccccc2c(C=Nc2ccncc2Cl)c(O)n1-c1ccc(Cl)cn1. The van der Waals surface area contributed by atoms with Gasteiger partial charge in [-0.1, -0.05) is 41.4 Å². The summed E-state index contributed by atoms with van der Waals surface area (Å²) < 4.78 is 1.12. The number of aromatic nitrogens is 3. The van der Waals surface area contributed by atoms with Crippen LogP contribution in [0.3, 0.4) is 0 Å². The summed E-state index contributed by atoms with van der Waals surface area (Å²) in [4.78, 5) is 25.4. The number of benzene rings is 1. The Hall–Kier alpha value is -3.22. The maximum absolute atomic E-state index is 13.0. The predicted molar refractivity (Wildman–Crippen MR) is 111 cm³/mol. The van der Waals surface area contributed by atoms with Gasteiger partial charge in [0.2, 0.25) is 5.88 Å². The normalized spacial score (nSPS) is 11.4. The third-order valence-electron chi connectivity index (χ3n) is 4.13. The molecule has 0 fully saturated rings. The third-order valence-corrected chi connectivity index (χ3v) is 4.64. The molecule has 0 aliphatic carbocycles. The van der Waals surface area contributed by atoms with E-state index in [0.29, 0.717) is 32.1 Å². The first-order valence-corrected chi connectivity index (χ1v) is 8.94. The molecule has 0 aliphatic rings. The number of rotatable bonds is 3. The molecule has 8 heteroatoms. The summed E-state index contributed by atoms with van der Waals surface area (Å²) in [6.45, 7) is 0. The van der Waals surface area contributed by atoms with Gasteiger partial charge in [0.05, 0.1) is 21.3 Å². The highest BCUT2D eigenvalue weighted by Crippen LogP contribution is 2.28. The maximum atomic E-state index is 13.0. The molecule has 0 saturated carbocycles. The van der Waals surface area contributed by atoms with E-state index in [-0.39, 0.29) is 11.7 Å². The van der Waals surface area contributed by atoms with E-state index in [1.54, 1.807) is 48.7 Å². The van der Waals surface area contributed by atoms with Crippen molar-refractivity contribution in [3.05, 3.63) is 87.0 Å². The average Bonchev–Trinajstić information content (AvgIpc) is 2.71. The van der Waals surface area contributed by atoms with Crippen LogP contribution >= 0.6 is 23.2 Å². The minimum Gasteiger partial charge on any atom is -0.494 e. The van der Waals surface area contributed by atoms with Gasteiger partial charge in [-0.2, -0.15) is 0 Å². The van der Waals surface area contributed by atoms with Crippen LogP contribution in [0.2, 0.25) is 10.0 Å². The van der Waals surface area contributed by atoms with Crippen LogP contribution in [0.4, 0.5) is 5.69 Å². The molecule has 4 aromatic rings. The van der Waals surface area contributed by atoms with E-state index in [2.05, 4.69) is 15.0 Å². The summed E-state index contributed by atoms with van der Waals surface area (Å²) in [6, 6.07) is 11.7. The van der Waals surface area contributed by atoms with Gasteiger partial charge in [-0.25, -0.2) is 9.55 Å². The zero-order valence-corrected chi connectivity index (χ0v) is 15.8. The van der Waals surface area contributed by atoms with Crippen LogP contribution in [-0.4, -0.2) is 25.9 Å². The number of halogens is 2. The van der Waals surface area contributed by atoms with Crippen LogP contribution in [0.25, 0.3) is 16.6 Å². The molecule has 0 atom stereocenters. The number of aromatic hydroxyl groups is 1. The van der Waals surface area contributed by atoms with Crippen molar-refractivity contribution < 1.29 is 5.11 Å². The summed E-state index contributed by atoms with van der Waals surface area (Å²) in [5, 5.41) is 12.7. The lowest BCUT2D eigenvalue weighted by Crippen LogP contribution is -2.21. The number of hydrogen-bond acceptors (Lipinski definition) is 5. The lowest BCUT2D eigenvalue weighted by Gasteiger charge is -2.13. The van der Waals surface area contributed by atoms with Gasteiger partial charge in [0.15, 0.2) is 0 Å². The number of hydrogen-bond donors (Lipinski definition) is 1. The van der Waals surface area contributed by atoms with Gasteiger partial charge >= 0.3 is 0 Å². The first kappa shape index (κ1) is 18.2. The molecule has 0 saturated heterocycles. The van der Waals surface area contributed by atoms with Crippen LogP contribution in [0.1, 0.15) is 5.56 Å². The highest BCUT2D eigenvalue weighted by Gasteiger charge is 2.17. The average molecular weight is 411 g/mol. The summed E-state index contributed by atoms with van der Waals surface area (Å²) in [6.07, 6.45) is 5.91.